The van der Waals surface area contributed by atoms with Crippen LogP contribution in [0.1, 0.15) is 16.1 Å². The fraction of sp³-hybridized carbons (Fsp3) is 0.167. The van der Waals surface area contributed by atoms with Crippen molar-refractivity contribution >= 4 is 28.5 Å². The summed E-state index contributed by atoms with van der Waals surface area (Å²) < 4.78 is 16.4. The van der Waals surface area contributed by atoms with E-state index in [2.05, 4.69) is 4.98 Å². The summed E-state index contributed by atoms with van der Waals surface area (Å²) in [6, 6.07) is 12.9. The van der Waals surface area contributed by atoms with Crippen molar-refractivity contribution < 1.29 is 19.0 Å². The summed E-state index contributed by atoms with van der Waals surface area (Å²) in [5, 5.41) is 1.41. The van der Waals surface area contributed by atoms with Crippen molar-refractivity contribution in [3.8, 4) is 11.5 Å². The van der Waals surface area contributed by atoms with Gasteiger partial charge in [-0.25, -0.2) is 4.79 Å². The molecule has 1 N–H and O–H groups in total. The summed E-state index contributed by atoms with van der Waals surface area (Å²) in [6.45, 7) is 1.05. The molecule has 0 atom stereocenters. The van der Waals surface area contributed by atoms with Crippen LogP contribution in [0.25, 0.3) is 10.9 Å². The Balaban J connectivity index is 1.50. The highest BCUT2D eigenvalue weighted by atomic mass is 35.5. The van der Waals surface area contributed by atoms with Crippen molar-refractivity contribution in [2.75, 3.05) is 13.2 Å². The number of H-pyrrole nitrogens is 1. The Kier molecular flexibility index (Phi) is 3.78. The van der Waals surface area contributed by atoms with Gasteiger partial charge in [-0.15, -0.1) is 0 Å². The van der Waals surface area contributed by atoms with Gasteiger partial charge in [0.2, 0.25) is 0 Å². The average Bonchev–Trinajstić information content (AvgIpc) is 3.04. The van der Waals surface area contributed by atoms with Crippen LogP contribution in [-0.2, 0) is 11.3 Å². The lowest BCUT2D eigenvalue weighted by Crippen LogP contribution is -2.16. The molecule has 0 spiro atoms. The van der Waals surface area contributed by atoms with Crippen molar-refractivity contribution in [3.05, 3.63) is 58.7 Å². The quantitative estimate of drug-likeness (QED) is 0.731. The van der Waals surface area contributed by atoms with E-state index in [-0.39, 0.29) is 6.61 Å². The van der Waals surface area contributed by atoms with E-state index in [1.165, 1.54) is 0 Å². The van der Waals surface area contributed by atoms with Crippen LogP contribution < -0.4 is 9.47 Å². The number of rotatable bonds is 3. The monoisotopic (exact) mass is 343 g/mol. The SMILES string of the molecule is O=C(OCc1cc(Cl)c2c(c1)OCCO2)c1cc2ccccc2[nH]1. The van der Waals surface area contributed by atoms with Gasteiger partial charge < -0.3 is 19.2 Å². The van der Waals surface area contributed by atoms with Crippen molar-refractivity contribution in [3.63, 3.8) is 0 Å². The minimum Gasteiger partial charge on any atom is -0.486 e. The third kappa shape index (κ3) is 2.78. The van der Waals surface area contributed by atoms with Crippen LogP contribution in [-0.4, -0.2) is 24.2 Å². The Morgan fingerprint density at radius 2 is 2.00 bits per heavy atom. The Hall–Kier alpha value is -2.66. The summed E-state index contributed by atoms with van der Waals surface area (Å²) in [7, 11) is 0. The van der Waals surface area contributed by atoms with E-state index in [0.717, 1.165) is 16.5 Å². The molecule has 0 aliphatic carbocycles. The highest BCUT2D eigenvalue weighted by molar-refractivity contribution is 6.32. The molecule has 0 amide bonds. The number of ether oxygens (including phenoxy) is 3. The molecule has 6 heteroatoms. The van der Waals surface area contributed by atoms with Crippen LogP contribution in [0.2, 0.25) is 5.02 Å². The average molecular weight is 344 g/mol. The third-order valence-corrected chi connectivity index (χ3v) is 4.06. The number of aromatic amines is 1. The lowest BCUT2D eigenvalue weighted by molar-refractivity contribution is 0.0466. The van der Waals surface area contributed by atoms with Gasteiger partial charge in [-0.05, 0) is 29.8 Å². The van der Waals surface area contributed by atoms with Crippen molar-refractivity contribution in [1.29, 1.82) is 0 Å². The minimum absolute atomic E-state index is 0.102. The van der Waals surface area contributed by atoms with Gasteiger partial charge in [0, 0.05) is 10.9 Å². The van der Waals surface area contributed by atoms with Crippen molar-refractivity contribution in [2.24, 2.45) is 0 Å². The maximum atomic E-state index is 12.2. The molecule has 3 aromatic rings. The highest BCUT2D eigenvalue weighted by Crippen LogP contribution is 2.38. The molecule has 2 heterocycles. The van der Waals surface area contributed by atoms with Gasteiger partial charge in [0.15, 0.2) is 11.5 Å². The Labute approximate surface area is 143 Å². The zero-order chi connectivity index (χ0) is 16.5. The van der Waals surface area contributed by atoms with Crippen LogP contribution in [0.5, 0.6) is 11.5 Å². The number of hydrogen-bond acceptors (Lipinski definition) is 4. The third-order valence-electron chi connectivity index (χ3n) is 3.78. The lowest BCUT2D eigenvalue weighted by Gasteiger charge is -2.20. The molecule has 0 radical (unpaired) electrons. The van der Waals surface area contributed by atoms with E-state index in [1.54, 1.807) is 18.2 Å². The second-order valence-corrected chi connectivity index (χ2v) is 5.86. The smallest absolute Gasteiger partial charge is 0.355 e. The normalized spacial score (nSPS) is 13.0. The van der Waals surface area contributed by atoms with Gasteiger partial charge in [-0.3, -0.25) is 0 Å². The Morgan fingerprint density at radius 3 is 2.88 bits per heavy atom. The molecular weight excluding hydrogens is 330 g/mol. The number of nitrogens with one attached hydrogen (secondary N) is 1. The van der Waals surface area contributed by atoms with Crippen LogP contribution >= 0.6 is 11.6 Å². The number of carbonyl (C=O) groups excluding carboxylic acids is 1. The molecule has 0 bridgehead atoms. The number of benzene rings is 2. The molecule has 0 fully saturated rings. The number of esters is 1. The molecule has 1 aliphatic rings. The van der Waals surface area contributed by atoms with E-state index in [4.69, 9.17) is 25.8 Å². The Bertz CT molecular complexity index is 886. The first kappa shape index (κ1) is 14.9. The van der Waals surface area contributed by atoms with E-state index >= 15 is 0 Å². The van der Waals surface area contributed by atoms with Gasteiger partial charge >= 0.3 is 5.97 Å². The second-order valence-electron chi connectivity index (χ2n) is 5.45. The van der Waals surface area contributed by atoms with E-state index in [9.17, 15) is 4.79 Å². The first-order chi connectivity index (χ1) is 11.7. The predicted molar refractivity (Wildman–Crippen MR) is 89.9 cm³/mol. The topological polar surface area (TPSA) is 60.6 Å². The summed E-state index contributed by atoms with van der Waals surface area (Å²) in [5.41, 5.74) is 2.06. The van der Waals surface area contributed by atoms with E-state index in [1.807, 2.05) is 24.3 Å². The maximum absolute atomic E-state index is 12.2. The molecule has 24 heavy (non-hydrogen) atoms. The van der Waals surface area contributed by atoms with Crippen LogP contribution in [0.15, 0.2) is 42.5 Å². The van der Waals surface area contributed by atoms with Crippen molar-refractivity contribution in [2.45, 2.75) is 6.61 Å². The molecular formula is C18H14ClNO4. The molecule has 0 saturated carbocycles. The number of carbonyl (C=O) groups is 1. The molecule has 1 aromatic heterocycles. The zero-order valence-corrected chi connectivity index (χ0v) is 13.4. The van der Waals surface area contributed by atoms with Crippen LogP contribution in [0.3, 0.4) is 0 Å². The molecule has 0 unspecified atom stereocenters. The van der Waals surface area contributed by atoms with Crippen LogP contribution in [0, 0.1) is 0 Å². The summed E-state index contributed by atoms with van der Waals surface area (Å²) in [5.74, 6) is 0.691. The van der Waals surface area contributed by atoms with Crippen LogP contribution in [0.4, 0.5) is 0 Å². The summed E-state index contributed by atoms with van der Waals surface area (Å²) in [4.78, 5) is 15.3. The number of halogens is 1. The van der Waals surface area contributed by atoms with Gasteiger partial charge in [0.05, 0.1) is 5.02 Å². The van der Waals surface area contributed by atoms with Gasteiger partial charge in [0.1, 0.15) is 25.5 Å². The summed E-state index contributed by atoms with van der Waals surface area (Å²) in [6.07, 6.45) is 0. The molecule has 4 rings (SSSR count). The number of para-hydroxylation sites is 1. The highest BCUT2D eigenvalue weighted by Gasteiger charge is 2.18. The second kappa shape index (κ2) is 6.09. The van der Waals surface area contributed by atoms with Gasteiger partial charge in [-0.2, -0.15) is 0 Å². The van der Waals surface area contributed by atoms with E-state index < -0.39 is 5.97 Å². The lowest BCUT2D eigenvalue weighted by atomic mass is 10.2. The number of aromatic nitrogens is 1. The molecule has 1 aliphatic heterocycles. The fourth-order valence-corrected chi connectivity index (χ4v) is 2.95. The van der Waals surface area contributed by atoms with E-state index in [0.29, 0.717) is 35.4 Å². The molecule has 2 aromatic carbocycles. The van der Waals surface area contributed by atoms with Gasteiger partial charge in [0.25, 0.3) is 0 Å². The Morgan fingerprint density at radius 1 is 1.17 bits per heavy atom. The standard InChI is InChI=1S/C18H14ClNO4/c19-13-7-11(8-16-17(13)23-6-5-22-16)10-24-18(21)15-9-12-3-1-2-4-14(12)20-15/h1-4,7-9,20H,5-6,10H2. The van der Waals surface area contributed by atoms with Crippen molar-refractivity contribution in [1.82, 2.24) is 4.98 Å². The number of fused-ring (bicyclic) bond motifs is 2. The largest absolute Gasteiger partial charge is 0.486 e. The zero-order valence-electron chi connectivity index (χ0n) is 12.7. The molecule has 0 saturated heterocycles. The predicted octanol–water partition coefficient (Wildman–Crippen LogP) is 3.95. The fourth-order valence-electron chi connectivity index (χ4n) is 2.66. The molecule has 122 valence electrons. The first-order valence-electron chi connectivity index (χ1n) is 7.53. The first-order valence-corrected chi connectivity index (χ1v) is 7.91. The number of hydrogen-bond donors (Lipinski definition) is 1. The summed E-state index contributed by atoms with van der Waals surface area (Å²) >= 11 is 6.18. The minimum atomic E-state index is -0.419. The maximum Gasteiger partial charge on any atom is 0.355 e. The van der Waals surface area contributed by atoms with Gasteiger partial charge in [-0.1, -0.05) is 29.8 Å². The molecule has 5 nitrogen and oxygen atoms in total.